The molecular weight excluding hydrogens is 379 g/mol. The highest BCUT2D eigenvalue weighted by molar-refractivity contribution is 5.85. The summed E-state index contributed by atoms with van der Waals surface area (Å²) in [7, 11) is 2.95. The van der Waals surface area contributed by atoms with Crippen LogP contribution in [0.1, 0.15) is 17.1 Å². The maximum Gasteiger partial charge on any atom is 0.249 e. The largest absolute Gasteiger partial charge is 0.464 e. The molecule has 29 heavy (non-hydrogen) atoms. The fourth-order valence-corrected chi connectivity index (χ4v) is 2.77. The average Bonchev–Trinajstić information content (AvgIpc) is 3.11. The Morgan fingerprint density at radius 3 is 2.28 bits per heavy atom. The van der Waals surface area contributed by atoms with Crippen molar-refractivity contribution in [1.29, 1.82) is 0 Å². The summed E-state index contributed by atoms with van der Waals surface area (Å²) in [6, 6.07) is 9.58. The van der Waals surface area contributed by atoms with Crippen molar-refractivity contribution < 1.29 is 27.9 Å². The summed E-state index contributed by atoms with van der Waals surface area (Å²) in [5, 5.41) is 0. The monoisotopic (exact) mass is 406 g/mol. The van der Waals surface area contributed by atoms with Crippen molar-refractivity contribution in [1.82, 2.24) is 9.80 Å². The quantitative estimate of drug-likeness (QED) is 0.573. The summed E-state index contributed by atoms with van der Waals surface area (Å²) in [6.07, 6.45) is 0. The smallest absolute Gasteiger partial charge is 0.249 e. The summed E-state index contributed by atoms with van der Waals surface area (Å²) < 4.78 is 28.8. The van der Waals surface area contributed by atoms with E-state index in [1.807, 2.05) is 13.0 Å². The van der Waals surface area contributed by atoms with Crippen LogP contribution >= 0.6 is 0 Å². The Hall–Kier alpha value is -2.71. The van der Waals surface area contributed by atoms with Gasteiger partial charge < -0.3 is 23.7 Å². The summed E-state index contributed by atoms with van der Waals surface area (Å²) in [5.74, 6) is 0.470. The van der Waals surface area contributed by atoms with Gasteiger partial charge in [-0.15, -0.1) is 0 Å². The molecule has 0 aliphatic rings. The molecule has 2 aromatic rings. The number of ether oxygens (including phenoxy) is 2. The van der Waals surface area contributed by atoms with Gasteiger partial charge in [0.2, 0.25) is 11.8 Å². The number of carbonyl (C=O) groups is 2. The Kier molecular flexibility index (Phi) is 8.82. The highest BCUT2D eigenvalue weighted by Gasteiger charge is 2.22. The molecule has 7 nitrogen and oxygen atoms in total. The molecule has 0 aliphatic heterocycles. The van der Waals surface area contributed by atoms with E-state index in [4.69, 9.17) is 13.9 Å². The zero-order chi connectivity index (χ0) is 21.2. The number of furan rings is 1. The van der Waals surface area contributed by atoms with Crippen molar-refractivity contribution in [3.8, 4) is 0 Å². The Labute approximate surface area is 170 Å². The van der Waals surface area contributed by atoms with Gasteiger partial charge in [-0.3, -0.25) is 9.59 Å². The first-order valence-electron chi connectivity index (χ1n) is 9.26. The number of methoxy groups -OCH3 is 2. The normalized spacial score (nSPS) is 10.8. The molecule has 1 aromatic carbocycles. The van der Waals surface area contributed by atoms with Gasteiger partial charge in [-0.25, -0.2) is 4.39 Å². The van der Waals surface area contributed by atoms with Crippen LogP contribution in [0.4, 0.5) is 4.39 Å². The van der Waals surface area contributed by atoms with E-state index in [0.717, 1.165) is 11.3 Å². The van der Waals surface area contributed by atoms with Gasteiger partial charge in [0.15, 0.2) is 0 Å². The predicted octanol–water partition coefficient (Wildman–Crippen LogP) is 2.38. The SMILES string of the molecule is COCCN(CC(=O)N(Cc1ccc(F)cc1)Cc1ccc(C)o1)C(=O)COC. The minimum Gasteiger partial charge on any atom is -0.464 e. The van der Waals surface area contributed by atoms with E-state index in [-0.39, 0.29) is 50.4 Å². The first kappa shape index (κ1) is 22.6. The molecule has 0 spiro atoms. The van der Waals surface area contributed by atoms with E-state index >= 15 is 0 Å². The van der Waals surface area contributed by atoms with Gasteiger partial charge in [-0.1, -0.05) is 12.1 Å². The number of hydrogen-bond acceptors (Lipinski definition) is 5. The Morgan fingerprint density at radius 1 is 0.966 bits per heavy atom. The van der Waals surface area contributed by atoms with Gasteiger partial charge >= 0.3 is 0 Å². The topological polar surface area (TPSA) is 72.2 Å². The molecule has 158 valence electrons. The van der Waals surface area contributed by atoms with Gasteiger partial charge in [0.25, 0.3) is 0 Å². The first-order chi connectivity index (χ1) is 13.9. The number of carbonyl (C=O) groups excluding carboxylic acids is 2. The van der Waals surface area contributed by atoms with Crippen molar-refractivity contribution in [2.24, 2.45) is 0 Å². The summed E-state index contributed by atoms with van der Waals surface area (Å²) >= 11 is 0. The van der Waals surface area contributed by atoms with Crippen LogP contribution in [0, 0.1) is 12.7 Å². The Morgan fingerprint density at radius 2 is 1.69 bits per heavy atom. The van der Waals surface area contributed by atoms with Crippen molar-refractivity contribution in [3.63, 3.8) is 0 Å². The molecule has 0 saturated heterocycles. The molecule has 0 N–H and O–H groups in total. The molecule has 0 saturated carbocycles. The van der Waals surface area contributed by atoms with E-state index in [1.54, 1.807) is 23.1 Å². The predicted molar refractivity (Wildman–Crippen MR) is 104 cm³/mol. The van der Waals surface area contributed by atoms with Crippen molar-refractivity contribution in [2.45, 2.75) is 20.0 Å². The van der Waals surface area contributed by atoms with Gasteiger partial charge in [-0.2, -0.15) is 0 Å². The lowest BCUT2D eigenvalue weighted by molar-refractivity contribution is -0.144. The number of aryl methyl sites for hydroxylation is 1. The lowest BCUT2D eigenvalue weighted by Crippen LogP contribution is -2.44. The fraction of sp³-hybridized carbons (Fsp3) is 0.429. The molecule has 0 unspecified atom stereocenters. The number of halogens is 1. The molecular formula is C21H27FN2O5. The average molecular weight is 406 g/mol. The second-order valence-electron chi connectivity index (χ2n) is 6.63. The van der Waals surface area contributed by atoms with E-state index < -0.39 is 0 Å². The Balaban J connectivity index is 2.16. The van der Waals surface area contributed by atoms with Crippen LogP contribution in [-0.4, -0.2) is 62.1 Å². The van der Waals surface area contributed by atoms with E-state index in [1.165, 1.54) is 31.3 Å². The van der Waals surface area contributed by atoms with Gasteiger partial charge in [0, 0.05) is 27.3 Å². The van der Waals surface area contributed by atoms with Gasteiger partial charge in [0.05, 0.1) is 19.7 Å². The molecule has 0 fully saturated rings. The number of rotatable bonds is 11. The van der Waals surface area contributed by atoms with Crippen molar-refractivity contribution in [2.75, 3.05) is 40.5 Å². The summed E-state index contributed by atoms with van der Waals surface area (Å²) in [5.41, 5.74) is 0.773. The molecule has 0 bridgehead atoms. The molecule has 0 aliphatic carbocycles. The maximum atomic E-state index is 13.2. The molecule has 2 rings (SSSR count). The summed E-state index contributed by atoms with van der Waals surface area (Å²) in [6.45, 7) is 2.66. The van der Waals surface area contributed by atoms with Gasteiger partial charge in [-0.05, 0) is 36.8 Å². The highest BCUT2D eigenvalue weighted by Crippen LogP contribution is 2.14. The minimum absolute atomic E-state index is 0.119. The van der Waals surface area contributed by atoms with Crippen molar-refractivity contribution in [3.05, 3.63) is 59.3 Å². The molecule has 2 amide bonds. The van der Waals surface area contributed by atoms with Crippen LogP contribution < -0.4 is 0 Å². The van der Waals surface area contributed by atoms with Crippen LogP contribution in [0.5, 0.6) is 0 Å². The number of benzene rings is 1. The fourth-order valence-electron chi connectivity index (χ4n) is 2.77. The minimum atomic E-state index is -0.343. The zero-order valence-electron chi connectivity index (χ0n) is 17.0. The molecule has 8 heteroatoms. The molecule has 0 atom stereocenters. The Bertz CT molecular complexity index is 791. The zero-order valence-corrected chi connectivity index (χ0v) is 17.0. The van der Waals surface area contributed by atoms with Crippen molar-refractivity contribution >= 4 is 11.8 Å². The summed E-state index contributed by atoms with van der Waals surface area (Å²) in [4.78, 5) is 28.3. The third-order valence-corrected chi connectivity index (χ3v) is 4.29. The second kappa shape index (κ2) is 11.3. The molecule has 1 aromatic heterocycles. The maximum absolute atomic E-state index is 13.2. The lowest BCUT2D eigenvalue weighted by atomic mass is 10.2. The van der Waals surface area contributed by atoms with E-state index in [2.05, 4.69) is 0 Å². The number of hydrogen-bond donors (Lipinski definition) is 0. The van der Waals surface area contributed by atoms with Crippen LogP contribution in [0.15, 0.2) is 40.8 Å². The molecule has 0 radical (unpaired) electrons. The van der Waals surface area contributed by atoms with Crippen LogP contribution in [0.25, 0.3) is 0 Å². The lowest BCUT2D eigenvalue weighted by Gasteiger charge is -2.27. The second-order valence-corrected chi connectivity index (χ2v) is 6.63. The molecule has 1 heterocycles. The first-order valence-corrected chi connectivity index (χ1v) is 9.26. The van der Waals surface area contributed by atoms with Crippen LogP contribution in [-0.2, 0) is 32.2 Å². The third-order valence-electron chi connectivity index (χ3n) is 4.29. The third kappa shape index (κ3) is 7.32. The van der Waals surface area contributed by atoms with E-state index in [0.29, 0.717) is 12.4 Å². The van der Waals surface area contributed by atoms with Crippen LogP contribution in [0.2, 0.25) is 0 Å². The standard InChI is InChI=1S/C21H27FN2O5/c1-16-4-9-19(29-16)13-24(12-17-5-7-18(22)8-6-17)20(25)14-23(10-11-27-2)21(26)15-28-3/h4-9H,10-15H2,1-3H3. The number of nitrogens with zero attached hydrogens (tertiary/aromatic N) is 2. The van der Waals surface area contributed by atoms with Gasteiger partial charge in [0.1, 0.15) is 23.9 Å². The highest BCUT2D eigenvalue weighted by atomic mass is 19.1. The number of amides is 2. The van der Waals surface area contributed by atoms with Crippen LogP contribution in [0.3, 0.4) is 0 Å². The van der Waals surface area contributed by atoms with E-state index in [9.17, 15) is 14.0 Å².